The second-order valence-corrected chi connectivity index (χ2v) is 6.89. The Morgan fingerprint density at radius 1 is 1.44 bits per heavy atom. The van der Waals surface area contributed by atoms with Crippen molar-refractivity contribution in [3.8, 4) is 0 Å². The maximum Gasteiger partial charge on any atom is 0.191 e. The molecule has 1 aromatic carbocycles. The van der Waals surface area contributed by atoms with Gasteiger partial charge in [0, 0.05) is 37.7 Å². The maximum atomic E-state index is 13.8. The van der Waals surface area contributed by atoms with E-state index in [-0.39, 0.29) is 35.9 Å². The smallest absolute Gasteiger partial charge is 0.191 e. The Morgan fingerprint density at radius 2 is 2.24 bits per heavy atom. The van der Waals surface area contributed by atoms with E-state index >= 15 is 0 Å². The Balaban J connectivity index is 0.00000312. The lowest BCUT2D eigenvalue weighted by molar-refractivity contribution is -0.0161. The molecule has 0 bridgehead atoms. The second kappa shape index (κ2) is 12.0. The average Bonchev–Trinajstić information content (AvgIpc) is 2.56. The third kappa shape index (κ3) is 8.19. The van der Waals surface area contributed by atoms with E-state index < -0.39 is 0 Å². The van der Waals surface area contributed by atoms with Gasteiger partial charge >= 0.3 is 0 Å². The molecule has 1 aliphatic rings. The van der Waals surface area contributed by atoms with E-state index in [1.165, 1.54) is 6.07 Å². The molecule has 1 aromatic rings. The van der Waals surface area contributed by atoms with E-state index in [0.29, 0.717) is 6.42 Å². The standard InChI is InChI=1S/C17H26BrFN4O.HI/c1-20-17(22-11-15-12-23(2)8-9-24-15)21-7-3-4-13-5-6-14(18)10-16(13)19;/h5-6,10,15H,3-4,7-9,11-12H2,1-2H3,(H2,20,21,22);1H. The van der Waals surface area contributed by atoms with Crippen molar-refractivity contribution < 1.29 is 9.13 Å². The molecule has 2 rings (SSSR count). The van der Waals surface area contributed by atoms with Gasteiger partial charge in [0.25, 0.3) is 0 Å². The van der Waals surface area contributed by atoms with Crippen LogP contribution in [0.3, 0.4) is 0 Å². The van der Waals surface area contributed by atoms with Gasteiger partial charge in [0.05, 0.1) is 12.7 Å². The van der Waals surface area contributed by atoms with Crippen LogP contribution in [0.5, 0.6) is 0 Å². The van der Waals surface area contributed by atoms with Gasteiger partial charge in [-0.25, -0.2) is 4.39 Å². The van der Waals surface area contributed by atoms with Gasteiger partial charge in [0.15, 0.2) is 5.96 Å². The lowest BCUT2D eigenvalue weighted by atomic mass is 10.1. The summed E-state index contributed by atoms with van der Waals surface area (Å²) in [5, 5.41) is 6.54. The largest absolute Gasteiger partial charge is 0.374 e. The van der Waals surface area contributed by atoms with E-state index in [0.717, 1.165) is 55.2 Å². The Bertz CT molecular complexity index is 561. The monoisotopic (exact) mass is 528 g/mol. The number of ether oxygens (including phenoxy) is 1. The van der Waals surface area contributed by atoms with Crippen molar-refractivity contribution in [1.82, 2.24) is 15.5 Å². The van der Waals surface area contributed by atoms with Crippen molar-refractivity contribution in [3.05, 3.63) is 34.1 Å². The topological polar surface area (TPSA) is 48.9 Å². The van der Waals surface area contributed by atoms with Crippen LogP contribution in [-0.2, 0) is 11.2 Å². The Labute approximate surface area is 174 Å². The SMILES string of the molecule is CN=C(NCCCc1ccc(Br)cc1F)NCC1CN(C)CCO1.I. The predicted molar refractivity (Wildman–Crippen MR) is 114 cm³/mol. The van der Waals surface area contributed by atoms with Crippen LogP contribution in [0, 0.1) is 5.82 Å². The number of rotatable bonds is 6. The number of aryl methyl sites for hydroxylation is 1. The number of likely N-dealkylation sites (N-methyl/N-ethyl adjacent to an activating group) is 1. The molecule has 1 fully saturated rings. The number of morpholine rings is 1. The first-order valence-corrected chi connectivity index (χ1v) is 9.06. The molecule has 0 radical (unpaired) electrons. The summed E-state index contributed by atoms with van der Waals surface area (Å²) in [6, 6.07) is 5.20. The molecule has 142 valence electrons. The number of guanidine groups is 1. The highest BCUT2D eigenvalue weighted by molar-refractivity contribution is 14.0. The highest BCUT2D eigenvalue weighted by atomic mass is 127. The molecule has 1 unspecified atom stereocenters. The van der Waals surface area contributed by atoms with Crippen LogP contribution in [-0.4, -0.2) is 63.8 Å². The molecule has 1 saturated heterocycles. The van der Waals surface area contributed by atoms with Crippen LogP contribution in [0.15, 0.2) is 27.7 Å². The number of hydrogen-bond acceptors (Lipinski definition) is 3. The number of hydrogen-bond donors (Lipinski definition) is 2. The van der Waals surface area contributed by atoms with Crippen molar-refractivity contribution in [2.24, 2.45) is 4.99 Å². The van der Waals surface area contributed by atoms with Gasteiger partial charge < -0.3 is 20.3 Å². The van der Waals surface area contributed by atoms with Crippen molar-refractivity contribution in [3.63, 3.8) is 0 Å². The molecule has 8 heteroatoms. The fourth-order valence-electron chi connectivity index (χ4n) is 2.63. The number of nitrogens with zero attached hydrogens (tertiary/aromatic N) is 2. The van der Waals surface area contributed by atoms with Crippen molar-refractivity contribution >= 4 is 45.9 Å². The lowest BCUT2D eigenvalue weighted by Gasteiger charge is -2.30. The van der Waals surface area contributed by atoms with Crippen molar-refractivity contribution in [2.75, 3.05) is 46.9 Å². The summed E-state index contributed by atoms with van der Waals surface area (Å²) in [6.45, 7) is 4.14. The summed E-state index contributed by atoms with van der Waals surface area (Å²) < 4.78 is 20.2. The molecular formula is C17H27BrFIN4O. The first kappa shape index (κ1) is 22.6. The summed E-state index contributed by atoms with van der Waals surface area (Å²) in [5.41, 5.74) is 0.738. The minimum absolute atomic E-state index is 0. The first-order valence-electron chi connectivity index (χ1n) is 8.27. The van der Waals surface area contributed by atoms with Gasteiger partial charge in [-0.2, -0.15) is 0 Å². The van der Waals surface area contributed by atoms with Gasteiger partial charge in [-0.3, -0.25) is 4.99 Å². The van der Waals surface area contributed by atoms with Crippen molar-refractivity contribution in [2.45, 2.75) is 18.9 Å². The van der Waals surface area contributed by atoms with Crippen LogP contribution in [0.4, 0.5) is 4.39 Å². The Morgan fingerprint density at radius 3 is 2.92 bits per heavy atom. The van der Waals surface area contributed by atoms with Gasteiger partial charge in [-0.15, -0.1) is 24.0 Å². The maximum absolute atomic E-state index is 13.8. The fraction of sp³-hybridized carbons (Fsp3) is 0.588. The number of nitrogens with one attached hydrogen (secondary N) is 2. The molecule has 0 aromatic heterocycles. The van der Waals surface area contributed by atoms with Gasteiger partial charge in [-0.1, -0.05) is 22.0 Å². The molecule has 0 saturated carbocycles. The molecule has 0 aliphatic carbocycles. The van der Waals surface area contributed by atoms with E-state index in [9.17, 15) is 4.39 Å². The number of aliphatic imine (C=N–C) groups is 1. The Hall–Kier alpha value is -0.450. The molecule has 2 N–H and O–H groups in total. The molecule has 25 heavy (non-hydrogen) atoms. The third-order valence-corrected chi connectivity index (χ3v) is 4.49. The van der Waals surface area contributed by atoms with Crippen LogP contribution in [0.1, 0.15) is 12.0 Å². The molecule has 1 aliphatic heterocycles. The van der Waals surface area contributed by atoms with Crippen LogP contribution < -0.4 is 10.6 Å². The minimum atomic E-state index is -0.162. The molecular weight excluding hydrogens is 502 g/mol. The molecule has 5 nitrogen and oxygen atoms in total. The zero-order valence-corrected chi connectivity index (χ0v) is 18.6. The van der Waals surface area contributed by atoms with Crippen molar-refractivity contribution in [1.29, 1.82) is 0 Å². The molecule has 0 spiro atoms. The summed E-state index contributed by atoms with van der Waals surface area (Å²) in [4.78, 5) is 6.47. The van der Waals surface area contributed by atoms with Crippen LogP contribution in [0.2, 0.25) is 0 Å². The van der Waals surface area contributed by atoms with E-state index in [2.05, 4.69) is 43.5 Å². The summed E-state index contributed by atoms with van der Waals surface area (Å²) in [7, 11) is 3.85. The number of benzene rings is 1. The highest BCUT2D eigenvalue weighted by Crippen LogP contribution is 2.16. The van der Waals surface area contributed by atoms with E-state index in [1.807, 2.05) is 12.1 Å². The molecule has 0 amide bonds. The Kier molecular flexibility index (Phi) is 10.9. The first-order chi connectivity index (χ1) is 11.6. The molecule has 1 atom stereocenters. The summed E-state index contributed by atoms with van der Waals surface area (Å²) >= 11 is 3.27. The third-order valence-electron chi connectivity index (χ3n) is 3.99. The zero-order chi connectivity index (χ0) is 17.4. The highest BCUT2D eigenvalue weighted by Gasteiger charge is 2.17. The van der Waals surface area contributed by atoms with E-state index in [4.69, 9.17) is 4.74 Å². The van der Waals surface area contributed by atoms with E-state index in [1.54, 1.807) is 7.05 Å². The van der Waals surface area contributed by atoms with Gasteiger partial charge in [0.1, 0.15) is 5.82 Å². The fourth-order valence-corrected chi connectivity index (χ4v) is 2.96. The molecule has 1 heterocycles. The predicted octanol–water partition coefficient (Wildman–Crippen LogP) is 2.63. The van der Waals surface area contributed by atoms with Gasteiger partial charge in [-0.05, 0) is 37.6 Å². The minimum Gasteiger partial charge on any atom is -0.374 e. The second-order valence-electron chi connectivity index (χ2n) is 5.97. The van der Waals surface area contributed by atoms with Crippen LogP contribution >= 0.6 is 39.9 Å². The lowest BCUT2D eigenvalue weighted by Crippen LogP contribution is -2.48. The zero-order valence-electron chi connectivity index (χ0n) is 14.7. The van der Waals surface area contributed by atoms with Crippen LogP contribution in [0.25, 0.3) is 0 Å². The summed E-state index contributed by atoms with van der Waals surface area (Å²) in [6.07, 6.45) is 1.71. The normalized spacial score (nSPS) is 18.6. The average molecular weight is 529 g/mol. The number of halogens is 3. The summed E-state index contributed by atoms with van der Waals surface area (Å²) in [5.74, 6) is 0.591. The van der Waals surface area contributed by atoms with Gasteiger partial charge in [0.2, 0.25) is 0 Å². The quantitative estimate of drug-likeness (QED) is 0.258.